The minimum atomic E-state index is -0.605. The normalized spacial score (nSPS) is 14.8. The first kappa shape index (κ1) is 17.7. The van der Waals surface area contributed by atoms with Gasteiger partial charge >= 0.3 is 5.88 Å². The van der Waals surface area contributed by atoms with Crippen LogP contribution in [0.25, 0.3) is 6.08 Å². The first-order valence-electron chi connectivity index (χ1n) is 8.48. The number of rotatable bonds is 4. The second kappa shape index (κ2) is 7.43. The summed E-state index contributed by atoms with van der Waals surface area (Å²) in [5, 5.41) is 10.6. The van der Waals surface area contributed by atoms with Crippen LogP contribution in [0.5, 0.6) is 0 Å². The zero-order valence-electron chi connectivity index (χ0n) is 14.8. The van der Waals surface area contributed by atoms with Gasteiger partial charge in [0, 0.05) is 37.9 Å². The Labute approximate surface area is 151 Å². The van der Waals surface area contributed by atoms with E-state index in [0.717, 1.165) is 13.1 Å². The number of nitrogens with zero attached hydrogens (tertiary/aromatic N) is 3. The molecule has 2 heterocycles. The third-order valence-corrected chi connectivity index (χ3v) is 4.69. The van der Waals surface area contributed by atoms with Crippen molar-refractivity contribution in [1.29, 1.82) is 0 Å². The molecule has 0 atom stereocenters. The molecule has 0 unspecified atom stereocenters. The minimum Gasteiger partial charge on any atom is -0.401 e. The van der Waals surface area contributed by atoms with E-state index in [-0.39, 0.29) is 11.8 Å². The monoisotopic (exact) mass is 355 g/mol. The second-order valence-electron chi connectivity index (χ2n) is 6.30. The molecule has 3 rings (SSSR count). The van der Waals surface area contributed by atoms with Gasteiger partial charge in [0.15, 0.2) is 0 Å². The fraction of sp³-hybridized carbons (Fsp3) is 0.316. The van der Waals surface area contributed by atoms with Crippen LogP contribution in [0.2, 0.25) is 0 Å². The Hall–Kier alpha value is -3.09. The molecule has 1 aromatic heterocycles. The molecule has 1 saturated heterocycles. The highest BCUT2D eigenvalue weighted by atomic mass is 16.6. The van der Waals surface area contributed by atoms with Gasteiger partial charge < -0.3 is 14.2 Å². The summed E-state index contributed by atoms with van der Waals surface area (Å²) in [4.78, 5) is 26.4. The Kier molecular flexibility index (Phi) is 5.06. The van der Waals surface area contributed by atoms with Crippen LogP contribution in [-0.4, -0.2) is 41.9 Å². The van der Waals surface area contributed by atoms with Gasteiger partial charge in [0.25, 0.3) is 0 Å². The predicted octanol–water partition coefficient (Wildman–Crippen LogP) is 3.17. The van der Waals surface area contributed by atoms with Crippen molar-refractivity contribution in [2.45, 2.75) is 13.8 Å². The average molecular weight is 355 g/mol. The van der Waals surface area contributed by atoms with Crippen LogP contribution in [0.1, 0.15) is 16.9 Å². The molecule has 1 aliphatic heterocycles. The topological polar surface area (TPSA) is 79.8 Å². The highest BCUT2D eigenvalue weighted by Crippen LogP contribution is 2.24. The highest BCUT2D eigenvalue weighted by molar-refractivity contribution is 5.91. The van der Waals surface area contributed by atoms with Crippen molar-refractivity contribution < 1.29 is 14.1 Å². The number of hydrogen-bond donors (Lipinski definition) is 0. The van der Waals surface area contributed by atoms with Crippen LogP contribution >= 0.6 is 0 Å². The van der Waals surface area contributed by atoms with Crippen molar-refractivity contribution in [3.8, 4) is 0 Å². The molecule has 1 aromatic carbocycles. The summed E-state index contributed by atoms with van der Waals surface area (Å²) in [6, 6.07) is 9.01. The van der Waals surface area contributed by atoms with Crippen LogP contribution < -0.4 is 4.90 Å². The molecule has 0 radical (unpaired) electrons. The summed E-state index contributed by atoms with van der Waals surface area (Å²) in [5.74, 6) is -0.164. The van der Waals surface area contributed by atoms with Gasteiger partial charge in [-0.25, -0.2) is 0 Å². The van der Waals surface area contributed by atoms with Gasteiger partial charge in [-0.05, 0) is 43.2 Å². The first-order chi connectivity index (χ1) is 12.5. The maximum Gasteiger partial charge on any atom is 0.433 e. The molecule has 0 bridgehead atoms. The Bertz CT molecular complexity index is 848. The van der Waals surface area contributed by atoms with Crippen LogP contribution in [0.15, 0.2) is 40.8 Å². The Morgan fingerprint density at radius 1 is 1.15 bits per heavy atom. The fourth-order valence-electron chi connectivity index (χ4n) is 3.03. The van der Waals surface area contributed by atoms with Crippen LogP contribution in [0.4, 0.5) is 11.6 Å². The standard InChI is InChI=1S/C19H21N3O4/c1-14-4-3-5-17(15(14)2)20-10-12-21(13-11-20)18(23)8-6-16-7-9-19(26-16)22(24)25/h3-9H,10-13H2,1-2H3/b8-6+. The highest BCUT2D eigenvalue weighted by Gasteiger charge is 2.21. The summed E-state index contributed by atoms with van der Waals surface area (Å²) >= 11 is 0. The lowest BCUT2D eigenvalue weighted by Gasteiger charge is -2.36. The second-order valence-corrected chi connectivity index (χ2v) is 6.30. The zero-order valence-corrected chi connectivity index (χ0v) is 14.8. The molecular formula is C19H21N3O4. The van der Waals surface area contributed by atoms with E-state index in [1.54, 1.807) is 4.90 Å². The van der Waals surface area contributed by atoms with Crippen molar-refractivity contribution in [2.75, 3.05) is 31.1 Å². The molecule has 0 saturated carbocycles. The number of amides is 1. The van der Waals surface area contributed by atoms with E-state index in [1.807, 2.05) is 0 Å². The smallest absolute Gasteiger partial charge is 0.401 e. The number of anilines is 1. The van der Waals surface area contributed by atoms with Crippen LogP contribution in [-0.2, 0) is 4.79 Å². The maximum absolute atomic E-state index is 12.3. The molecule has 0 spiro atoms. The van der Waals surface area contributed by atoms with Gasteiger partial charge in [-0.2, -0.15) is 0 Å². The van der Waals surface area contributed by atoms with E-state index in [9.17, 15) is 14.9 Å². The van der Waals surface area contributed by atoms with Crippen LogP contribution in [0, 0.1) is 24.0 Å². The summed E-state index contributed by atoms with van der Waals surface area (Å²) in [6.07, 6.45) is 2.86. The molecule has 7 nitrogen and oxygen atoms in total. The number of carbonyl (C=O) groups excluding carboxylic acids is 1. The van der Waals surface area contributed by atoms with Gasteiger partial charge in [-0.1, -0.05) is 12.1 Å². The lowest BCUT2D eigenvalue weighted by Crippen LogP contribution is -2.48. The van der Waals surface area contributed by atoms with Crippen molar-refractivity contribution >= 4 is 23.6 Å². The lowest BCUT2D eigenvalue weighted by atomic mass is 10.1. The van der Waals surface area contributed by atoms with E-state index in [2.05, 4.69) is 36.9 Å². The molecule has 0 N–H and O–H groups in total. The van der Waals surface area contributed by atoms with E-state index >= 15 is 0 Å². The summed E-state index contributed by atoms with van der Waals surface area (Å²) < 4.78 is 5.02. The van der Waals surface area contributed by atoms with Crippen molar-refractivity contribution in [1.82, 2.24) is 4.90 Å². The van der Waals surface area contributed by atoms with E-state index < -0.39 is 4.92 Å². The molecule has 1 fully saturated rings. The SMILES string of the molecule is Cc1cccc(N2CCN(C(=O)/C=C/c3ccc([N+](=O)[O-])o3)CC2)c1C. The van der Waals surface area contributed by atoms with Gasteiger partial charge in [-0.3, -0.25) is 14.9 Å². The van der Waals surface area contributed by atoms with Gasteiger partial charge in [0.1, 0.15) is 10.7 Å². The maximum atomic E-state index is 12.3. The van der Waals surface area contributed by atoms with E-state index in [4.69, 9.17) is 4.42 Å². The average Bonchev–Trinajstić information content (AvgIpc) is 3.12. The van der Waals surface area contributed by atoms with E-state index in [0.29, 0.717) is 18.8 Å². The zero-order chi connectivity index (χ0) is 18.7. The van der Waals surface area contributed by atoms with Crippen molar-refractivity contribution in [3.05, 3.63) is 63.4 Å². The summed E-state index contributed by atoms with van der Waals surface area (Å²) in [7, 11) is 0. The molecule has 1 aliphatic rings. The number of hydrogen-bond acceptors (Lipinski definition) is 5. The van der Waals surface area contributed by atoms with Gasteiger partial charge in [-0.15, -0.1) is 0 Å². The van der Waals surface area contributed by atoms with Gasteiger partial charge in [0.2, 0.25) is 5.91 Å². The summed E-state index contributed by atoms with van der Waals surface area (Å²) in [6.45, 7) is 7.03. The molecule has 7 heteroatoms. The minimum absolute atomic E-state index is 0.121. The lowest BCUT2D eigenvalue weighted by molar-refractivity contribution is -0.402. The number of furan rings is 1. The number of carbonyl (C=O) groups is 1. The van der Waals surface area contributed by atoms with Crippen molar-refractivity contribution in [3.63, 3.8) is 0 Å². The molecule has 1 amide bonds. The molecule has 2 aromatic rings. The third kappa shape index (κ3) is 3.77. The number of nitro groups is 1. The number of benzene rings is 1. The fourth-order valence-corrected chi connectivity index (χ4v) is 3.03. The van der Waals surface area contributed by atoms with Crippen LogP contribution in [0.3, 0.4) is 0 Å². The Balaban J connectivity index is 1.58. The largest absolute Gasteiger partial charge is 0.433 e. The summed E-state index contributed by atoms with van der Waals surface area (Å²) in [5.41, 5.74) is 3.75. The Morgan fingerprint density at radius 2 is 1.88 bits per heavy atom. The molecule has 26 heavy (non-hydrogen) atoms. The Morgan fingerprint density at radius 3 is 2.54 bits per heavy atom. The third-order valence-electron chi connectivity index (χ3n) is 4.69. The van der Waals surface area contributed by atoms with Crippen molar-refractivity contribution in [2.24, 2.45) is 0 Å². The predicted molar refractivity (Wildman–Crippen MR) is 99.1 cm³/mol. The molecule has 136 valence electrons. The molecule has 0 aliphatic carbocycles. The quantitative estimate of drug-likeness (QED) is 0.478. The number of aryl methyl sites for hydroxylation is 1. The first-order valence-corrected chi connectivity index (χ1v) is 8.48. The molecular weight excluding hydrogens is 334 g/mol. The number of piperazine rings is 1. The van der Waals surface area contributed by atoms with Gasteiger partial charge in [0.05, 0.1) is 6.07 Å². The van der Waals surface area contributed by atoms with E-state index in [1.165, 1.54) is 41.1 Å².